The van der Waals surface area contributed by atoms with Gasteiger partial charge in [-0.05, 0) is 62.6 Å². The largest absolute Gasteiger partial charge is 0.454 e. The van der Waals surface area contributed by atoms with Crippen LogP contribution < -0.4 is 14.8 Å². The molecule has 0 spiro atoms. The summed E-state index contributed by atoms with van der Waals surface area (Å²) >= 11 is 0. The predicted molar refractivity (Wildman–Crippen MR) is 147 cm³/mol. The van der Waals surface area contributed by atoms with E-state index in [1.54, 1.807) is 9.58 Å². The van der Waals surface area contributed by atoms with Gasteiger partial charge in [-0.15, -0.1) is 5.10 Å². The van der Waals surface area contributed by atoms with E-state index in [9.17, 15) is 9.59 Å². The molecule has 0 fully saturated rings. The minimum atomic E-state index is -0.871. The van der Waals surface area contributed by atoms with Crippen LogP contribution >= 0.6 is 0 Å². The van der Waals surface area contributed by atoms with Gasteiger partial charge in [0, 0.05) is 12.1 Å². The first-order valence-corrected chi connectivity index (χ1v) is 13.1. The molecule has 1 unspecified atom stereocenters. The van der Waals surface area contributed by atoms with E-state index in [0.717, 1.165) is 28.6 Å². The topological polar surface area (TPSA) is 98.6 Å². The predicted octanol–water partition coefficient (Wildman–Crippen LogP) is 4.54. The van der Waals surface area contributed by atoms with Gasteiger partial charge < -0.3 is 19.7 Å². The van der Waals surface area contributed by atoms with Gasteiger partial charge in [-0.3, -0.25) is 9.59 Å². The van der Waals surface area contributed by atoms with Crippen LogP contribution in [0, 0.1) is 6.92 Å². The van der Waals surface area contributed by atoms with Gasteiger partial charge in [0.1, 0.15) is 18.1 Å². The van der Waals surface area contributed by atoms with E-state index in [1.165, 1.54) is 0 Å². The van der Waals surface area contributed by atoms with Gasteiger partial charge in [0.25, 0.3) is 0 Å². The summed E-state index contributed by atoms with van der Waals surface area (Å²) in [6, 6.07) is 19.9. The maximum atomic E-state index is 14.1. The molecule has 0 saturated carbocycles. The van der Waals surface area contributed by atoms with E-state index < -0.39 is 11.6 Å². The molecule has 2 amide bonds. The number of carbonyl (C=O) groups is 2. The van der Waals surface area contributed by atoms with Crippen molar-refractivity contribution in [1.82, 2.24) is 25.2 Å². The summed E-state index contributed by atoms with van der Waals surface area (Å²) in [6.45, 7) is 8.22. The van der Waals surface area contributed by atoms with E-state index in [0.29, 0.717) is 17.0 Å². The van der Waals surface area contributed by atoms with Crippen molar-refractivity contribution in [2.75, 3.05) is 6.79 Å². The smallest absolute Gasteiger partial charge is 0.247 e. The number of fused-ring (bicyclic) bond motifs is 2. The molecule has 1 N–H and O–H groups in total. The Morgan fingerprint density at radius 3 is 2.56 bits per heavy atom. The highest BCUT2D eigenvalue weighted by atomic mass is 16.7. The Hall–Kier alpha value is -4.40. The number of aryl methyl sites for hydroxylation is 1. The molecule has 1 aliphatic rings. The number of nitrogens with zero attached hydrogens (tertiary/aromatic N) is 4. The molecule has 39 heavy (non-hydrogen) atoms. The third-order valence-corrected chi connectivity index (χ3v) is 7.11. The maximum absolute atomic E-state index is 14.1. The Labute approximate surface area is 227 Å². The number of para-hydroxylation sites is 1. The molecule has 0 radical (unpaired) electrons. The van der Waals surface area contributed by atoms with Crippen molar-refractivity contribution >= 4 is 22.8 Å². The van der Waals surface area contributed by atoms with E-state index in [4.69, 9.17) is 9.47 Å². The minimum absolute atomic E-state index is 0.0716. The maximum Gasteiger partial charge on any atom is 0.247 e. The van der Waals surface area contributed by atoms with Crippen LogP contribution in [0.2, 0.25) is 0 Å². The molecule has 0 bridgehead atoms. The number of amides is 2. The molecule has 0 aliphatic carbocycles. The molecular formula is C30H33N5O4. The summed E-state index contributed by atoms with van der Waals surface area (Å²) in [6.07, 6.45) is 0.737. The molecule has 1 aliphatic heterocycles. The van der Waals surface area contributed by atoms with Crippen molar-refractivity contribution in [1.29, 1.82) is 0 Å². The number of hydrogen-bond donors (Lipinski definition) is 1. The highest BCUT2D eigenvalue weighted by Crippen LogP contribution is 2.34. The van der Waals surface area contributed by atoms with Crippen LogP contribution in [0.25, 0.3) is 11.0 Å². The molecule has 3 aromatic carbocycles. The quantitative estimate of drug-likeness (QED) is 0.343. The third kappa shape index (κ3) is 5.72. The summed E-state index contributed by atoms with van der Waals surface area (Å²) in [5.41, 5.74) is 3.60. The lowest BCUT2D eigenvalue weighted by molar-refractivity contribution is -0.143. The number of ether oxygens (including phenoxy) is 2. The standard InChI is InChI=1S/C30H33N5O4/c1-5-30(3,4)31-29(37)28(22-13-10-20(2)11-14-22)34(17-21-12-15-25-26(16-21)39-19-38-25)27(36)18-35-24-9-7-6-8-23(24)32-33-35/h6-16,28H,5,17-19H2,1-4H3,(H,31,37). The molecule has 202 valence electrons. The lowest BCUT2D eigenvalue weighted by Crippen LogP contribution is -2.50. The molecule has 5 rings (SSSR count). The van der Waals surface area contributed by atoms with Crippen molar-refractivity contribution in [3.05, 3.63) is 83.4 Å². The zero-order chi connectivity index (χ0) is 27.6. The fourth-order valence-corrected chi connectivity index (χ4v) is 4.52. The molecule has 1 aromatic heterocycles. The number of nitrogens with one attached hydrogen (secondary N) is 1. The van der Waals surface area contributed by atoms with Gasteiger partial charge in [-0.25, -0.2) is 4.68 Å². The molecule has 9 nitrogen and oxygen atoms in total. The third-order valence-electron chi connectivity index (χ3n) is 7.11. The highest BCUT2D eigenvalue weighted by molar-refractivity contribution is 5.89. The Morgan fingerprint density at radius 1 is 1.05 bits per heavy atom. The summed E-state index contributed by atoms with van der Waals surface area (Å²) in [7, 11) is 0. The molecule has 0 saturated heterocycles. The number of aromatic nitrogens is 3. The van der Waals surface area contributed by atoms with Gasteiger partial charge in [0.05, 0.1) is 5.52 Å². The number of carbonyl (C=O) groups excluding carboxylic acids is 2. The number of benzene rings is 3. The van der Waals surface area contributed by atoms with E-state index in [2.05, 4.69) is 15.6 Å². The first kappa shape index (κ1) is 26.2. The van der Waals surface area contributed by atoms with E-state index in [-0.39, 0.29) is 31.7 Å². The van der Waals surface area contributed by atoms with Crippen molar-refractivity contribution < 1.29 is 19.1 Å². The second kappa shape index (κ2) is 10.8. The minimum Gasteiger partial charge on any atom is -0.454 e. The molecule has 2 heterocycles. The molecule has 1 atom stereocenters. The normalized spacial score (nSPS) is 13.3. The fourth-order valence-electron chi connectivity index (χ4n) is 4.52. The second-order valence-electron chi connectivity index (χ2n) is 10.5. The van der Waals surface area contributed by atoms with Crippen molar-refractivity contribution in [2.45, 2.75) is 58.8 Å². The van der Waals surface area contributed by atoms with Gasteiger partial charge in [-0.1, -0.05) is 60.2 Å². The number of hydrogen-bond acceptors (Lipinski definition) is 6. The first-order valence-electron chi connectivity index (χ1n) is 13.1. The Bertz CT molecular complexity index is 1500. The fraction of sp³-hybridized carbons (Fsp3) is 0.333. The van der Waals surface area contributed by atoms with Crippen LogP contribution in [0.15, 0.2) is 66.7 Å². The monoisotopic (exact) mass is 527 g/mol. The van der Waals surface area contributed by atoms with Crippen molar-refractivity contribution in [2.24, 2.45) is 0 Å². The van der Waals surface area contributed by atoms with Gasteiger partial charge in [0.2, 0.25) is 18.6 Å². The van der Waals surface area contributed by atoms with Gasteiger partial charge in [-0.2, -0.15) is 0 Å². The average molecular weight is 528 g/mol. The summed E-state index contributed by atoms with van der Waals surface area (Å²) < 4.78 is 12.6. The van der Waals surface area contributed by atoms with Crippen molar-refractivity contribution in [3.63, 3.8) is 0 Å². The lowest BCUT2D eigenvalue weighted by Gasteiger charge is -2.34. The van der Waals surface area contributed by atoms with Crippen LogP contribution in [0.3, 0.4) is 0 Å². The van der Waals surface area contributed by atoms with Crippen LogP contribution in [-0.4, -0.2) is 44.0 Å². The Morgan fingerprint density at radius 2 is 1.79 bits per heavy atom. The zero-order valence-electron chi connectivity index (χ0n) is 22.7. The van der Waals surface area contributed by atoms with E-state index in [1.807, 2.05) is 94.4 Å². The van der Waals surface area contributed by atoms with Gasteiger partial charge >= 0.3 is 0 Å². The van der Waals surface area contributed by atoms with Gasteiger partial charge in [0.15, 0.2) is 11.5 Å². The van der Waals surface area contributed by atoms with Crippen LogP contribution in [0.5, 0.6) is 11.5 Å². The second-order valence-corrected chi connectivity index (χ2v) is 10.5. The SMILES string of the molecule is CCC(C)(C)NC(=O)C(c1ccc(C)cc1)N(Cc1ccc2c(c1)OCO2)C(=O)Cn1nnc2ccccc21. The summed E-state index contributed by atoms with van der Waals surface area (Å²) in [5, 5.41) is 11.6. The van der Waals surface area contributed by atoms with E-state index >= 15 is 0 Å². The Balaban J connectivity index is 1.55. The van der Waals surface area contributed by atoms with Crippen LogP contribution in [0.4, 0.5) is 0 Å². The number of rotatable bonds is 9. The molecular weight excluding hydrogens is 494 g/mol. The van der Waals surface area contributed by atoms with Crippen LogP contribution in [0.1, 0.15) is 49.9 Å². The lowest BCUT2D eigenvalue weighted by atomic mass is 9.97. The summed E-state index contributed by atoms with van der Waals surface area (Å²) in [4.78, 5) is 29.7. The van der Waals surface area contributed by atoms with Crippen LogP contribution in [-0.2, 0) is 22.7 Å². The van der Waals surface area contributed by atoms with Crippen molar-refractivity contribution in [3.8, 4) is 11.5 Å². The first-order chi connectivity index (χ1) is 18.7. The highest BCUT2D eigenvalue weighted by Gasteiger charge is 2.34. The molecule has 9 heteroatoms. The zero-order valence-corrected chi connectivity index (χ0v) is 22.7. The summed E-state index contributed by atoms with van der Waals surface area (Å²) in [5.74, 6) is 0.760. The molecule has 4 aromatic rings. The average Bonchev–Trinajstić information content (AvgIpc) is 3.56. The Kier molecular flexibility index (Phi) is 7.24.